The first kappa shape index (κ1) is 10.4. The summed E-state index contributed by atoms with van der Waals surface area (Å²) in [5.74, 6) is 0.702. The third kappa shape index (κ3) is 2.29. The first-order chi connectivity index (χ1) is 7.16. The SMILES string of the molecule is Cc1nc(Cl)c(NC2CC=CC2)nc1C. The number of aryl methyl sites for hydroxylation is 2. The molecule has 15 heavy (non-hydrogen) atoms. The van der Waals surface area contributed by atoms with Crippen LogP contribution in [0.5, 0.6) is 0 Å². The molecule has 0 aromatic carbocycles. The highest BCUT2D eigenvalue weighted by Crippen LogP contribution is 2.22. The number of hydrogen-bond acceptors (Lipinski definition) is 3. The molecule has 3 nitrogen and oxygen atoms in total. The zero-order valence-electron chi connectivity index (χ0n) is 8.92. The van der Waals surface area contributed by atoms with Crippen molar-refractivity contribution in [2.45, 2.75) is 32.7 Å². The summed E-state index contributed by atoms with van der Waals surface area (Å²) in [5, 5.41) is 3.77. The Morgan fingerprint density at radius 3 is 2.47 bits per heavy atom. The summed E-state index contributed by atoms with van der Waals surface area (Å²) in [6, 6.07) is 0.416. The molecule has 0 fully saturated rings. The maximum atomic E-state index is 6.02. The van der Waals surface area contributed by atoms with Gasteiger partial charge in [0.05, 0.1) is 11.4 Å². The van der Waals surface area contributed by atoms with Crippen LogP contribution in [0.1, 0.15) is 24.2 Å². The van der Waals surface area contributed by atoms with E-state index in [4.69, 9.17) is 11.6 Å². The van der Waals surface area contributed by atoms with E-state index >= 15 is 0 Å². The second-order valence-electron chi connectivity index (χ2n) is 3.82. The molecule has 1 N–H and O–H groups in total. The molecular weight excluding hydrogens is 210 g/mol. The molecule has 1 aromatic heterocycles. The van der Waals surface area contributed by atoms with Gasteiger partial charge >= 0.3 is 0 Å². The summed E-state index contributed by atoms with van der Waals surface area (Å²) >= 11 is 6.02. The Labute approximate surface area is 94.6 Å². The first-order valence-corrected chi connectivity index (χ1v) is 5.47. The summed E-state index contributed by atoms with van der Waals surface area (Å²) in [6.45, 7) is 3.85. The van der Waals surface area contributed by atoms with Crippen LogP contribution in [0.15, 0.2) is 12.2 Å². The van der Waals surface area contributed by atoms with Gasteiger partial charge in [0.2, 0.25) is 0 Å². The Morgan fingerprint density at radius 1 is 1.20 bits per heavy atom. The van der Waals surface area contributed by atoms with Crippen molar-refractivity contribution < 1.29 is 0 Å². The maximum absolute atomic E-state index is 6.02. The number of nitrogens with zero attached hydrogens (tertiary/aromatic N) is 2. The van der Waals surface area contributed by atoms with E-state index in [1.165, 1.54) is 0 Å². The van der Waals surface area contributed by atoms with Crippen LogP contribution < -0.4 is 5.32 Å². The van der Waals surface area contributed by atoms with Gasteiger partial charge in [-0.05, 0) is 26.7 Å². The largest absolute Gasteiger partial charge is 0.364 e. The molecule has 0 aliphatic heterocycles. The van der Waals surface area contributed by atoms with Crippen molar-refractivity contribution in [1.82, 2.24) is 9.97 Å². The predicted octanol–water partition coefficient (Wildman–Crippen LogP) is 2.88. The lowest BCUT2D eigenvalue weighted by atomic mass is 10.2. The fourth-order valence-electron chi connectivity index (χ4n) is 1.60. The molecule has 0 amide bonds. The van der Waals surface area contributed by atoms with E-state index in [2.05, 4.69) is 27.4 Å². The third-order valence-corrected chi connectivity index (χ3v) is 2.88. The van der Waals surface area contributed by atoms with E-state index in [0.717, 1.165) is 24.2 Å². The molecule has 0 saturated heterocycles. The summed E-state index contributed by atoms with van der Waals surface area (Å²) in [4.78, 5) is 8.64. The predicted molar refractivity (Wildman–Crippen MR) is 62.3 cm³/mol. The maximum Gasteiger partial charge on any atom is 0.171 e. The van der Waals surface area contributed by atoms with Gasteiger partial charge in [-0.25, -0.2) is 9.97 Å². The first-order valence-electron chi connectivity index (χ1n) is 5.09. The lowest BCUT2D eigenvalue weighted by molar-refractivity contribution is 0.777. The normalized spacial score (nSPS) is 15.9. The quantitative estimate of drug-likeness (QED) is 0.784. The van der Waals surface area contributed by atoms with Crippen LogP contribution in [-0.4, -0.2) is 16.0 Å². The van der Waals surface area contributed by atoms with Gasteiger partial charge in [0.1, 0.15) is 0 Å². The fraction of sp³-hybridized carbons (Fsp3) is 0.455. The number of nitrogens with one attached hydrogen (secondary N) is 1. The van der Waals surface area contributed by atoms with Crippen LogP contribution in [0.25, 0.3) is 0 Å². The Hall–Kier alpha value is -1.09. The van der Waals surface area contributed by atoms with Crippen molar-refractivity contribution in [3.8, 4) is 0 Å². The zero-order valence-corrected chi connectivity index (χ0v) is 9.67. The highest BCUT2D eigenvalue weighted by Gasteiger charge is 2.13. The van der Waals surface area contributed by atoms with E-state index in [1.807, 2.05) is 13.8 Å². The van der Waals surface area contributed by atoms with Gasteiger partial charge in [-0.1, -0.05) is 23.8 Å². The second-order valence-corrected chi connectivity index (χ2v) is 4.18. The number of anilines is 1. The number of aromatic nitrogens is 2. The van der Waals surface area contributed by atoms with Crippen molar-refractivity contribution in [3.05, 3.63) is 28.7 Å². The van der Waals surface area contributed by atoms with Gasteiger partial charge in [0.15, 0.2) is 11.0 Å². The van der Waals surface area contributed by atoms with E-state index < -0.39 is 0 Å². The van der Waals surface area contributed by atoms with E-state index in [-0.39, 0.29) is 0 Å². The summed E-state index contributed by atoms with van der Waals surface area (Å²) in [7, 11) is 0. The molecule has 1 aliphatic carbocycles. The molecule has 1 aromatic rings. The van der Waals surface area contributed by atoms with Crippen molar-refractivity contribution in [2.24, 2.45) is 0 Å². The van der Waals surface area contributed by atoms with Crippen LogP contribution in [0.4, 0.5) is 5.82 Å². The smallest absolute Gasteiger partial charge is 0.171 e. The minimum Gasteiger partial charge on any atom is -0.364 e. The molecule has 4 heteroatoms. The van der Waals surface area contributed by atoms with Gasteiger partial charge in [-0.15, -0.1) is 0 Å². The van der Waals surface area contributed by atoms with Gasteiger partial charge in [-0.3, -0.25) is 0 Å². The zero-order chi connectivity index (χ0) is 10.8. The Bertz CT molecular complexity index is 393. The highest BCUT2D eigenvalue weighted by molar-refractivity contribution is 6.31. The van der Waals surface area contributed by atoms with Crippen molar-refractivity contribution >= 4 is 17.4 Å². The van der Waals surface area contributed by atoms with E-state index in [0.29, 0.717) is 17.0 Å². The molecule has 0 bridgehead atoms. The van der Waals surface area contributed by atoms with Gasteiger partial charge in [0.25, 0.3) is 0 Å². The van der Waals surface area contributed by atoms with Gasteiger partial charge < -0.3 is 5.32 Å². The second kappa shape index (κ2) is 4.19. The molecule has 0 unspecified atom stereocenters. The number of halogens is 1. The molecular formula is C11H14ClN3. The van der Waals surface area contributed by atoms with Gasteiger partial charge in [0, 0.05) is 6.04 Å². The summed E-state index contributed by atoms with van der Waals surface area (Å²) < 4.78 is 0. The Kier molecular flexibility index (Phi) is 2.91. The monoisotopic (exact) mass is 223 g/mol. The van der Waals surface area contributed by atoms with E-state index in [9.17, 15) is 0 Å². The van der Waals surface area contributed by atoms with Crippen LogP contribution in [0.3, 0.4) is 0 Å². The third-order valence-electron chi connectivity index (χ3n) is 2.61. The molecule has 80 valence electrons. The van der Waals surface area contributed by atoms with Gasteiger partial charge in [-0.2, -0.15) is 0 Å². The van der Waals surface area contributed by atoms with E-state index in [1.54, 1.807) is 0 Å². The summed E-state index contributed by atoms with van der Waals surface area (Å²) in [6.07, 6.45) is 6.40. The molecule has 0 spiro atoms. The average molecular weight is 224 g/mol. The molecule has 0 saturated carbocycles. The Balaban J connectivity index is 2.17. The van der Waals surface area contributed by atoms with Crippen LogP contribution >= 0.6 is 11.6 Å². The lowest BCUT2D eigenvalue weighted by Gasteiger charge is -2.14. The number of rotatable bonds is 2. The summed E-state index contributed by atoms with van der Waals surface area (Å²) in [5.41, 5.74) is 1.81. The van der Waals surface area contributed by atoms with Crippen molar-refractivity contribution in [1.29, 1.82) is 0 Å². The van der Waals surface area contributed by atoms with Crippen molar-refractivity contribution in [2.75, 3.05) is 5.32 Å². The van der Waals surface area contributed by atoms with Crippen LogP contribution in [0, 0.1) is 13.8 Å². The minimum absolute atomic E-state index is 0.416. The lowest BCUT2D eigenvalue weighted by Crippen LogP contribution is -2.17. The minimum atomic E-state index is 0.416. The molecule has 1 heterocycles. The average Bonchev–Trinajstić information content (AvgIpc) is 2.67. The Morgan fingerprint density at radius 2 is 1.80 bits per heavy atom. The topological polar surface area (TPSA) is 37.8 Å². The molecule has 2 rings (SSSR count). The molecule has 0 radical (unpaired) electrons. The fourth-order valence-corrected chi connectivity index (χ4v) is 1.82. The standard InChI is InChI=1S/C11H14ClN3/c1-7-8(2)14-11(10(12)13-7)15-9-5-3-4-6-9/h3-4,9H,5-6H2,1-2H3,(H,14,15). The van der Waals surface area contributed by atoms with Crippen molar-refractivity contribution in [3.63, 3.8) is 0 Å². The van der Waals surface area contributed by atoms with Crippen LogP contribution in [0.2, 0.25) is 5.15 Å². The number of hydrogen-bond donors (Lipinski definition) is 1. The molecule has 0 atom stereocenters. The highest BCUT2D eigenvalue weighted by atomic mass is 35.5. The van der Waals surface area contributed by atoms with Crippen LogP contribution in [-0.2, 0) is 0 Å². The molecule has 1 aliphatic rings.